The van der Waals surface area contributed by atoms with E-state index < -0.39 is 0 Å². The van der Waals surface area contributed by atoms with E-state index in [4.69, 9.17) is 4.52 Å². The number of hydrogen-bond donors (Lipinski definition) is 2. The van der Waals surface area contributed by atoms with Gasteiger partial charge in [0.2, 0.25) is 5.89 Å². The van der Waals surface area contributed by atoms with Crippen molar-refractivity contribution in [2.75, 3.05) is 13.1 Å². The monoisotopic (exact) mass is 347 g/mol. The van der Waals surface area contributed by atoms with Gasteiger partial charge in [-0.05, 0) is 31.0 Å². The highest BCUT2D eigenvalue weighted by Crippen LogP contribution is 2.10. The lowest BCUT2D eigenvalue weighted by Gasteiger charge is -2.10. The minimum atomic E-state index is -0.237. The molecule has 0 amide bonds. The third-order valence-electron chi connectivity index (χ3n) is 3.54. The first kappa shape index (κ1) is 18.9. The van der Waals surface area contributed by atoms with Gasteiger partial charge in [0.25, 0.3) is 0 Å². The van der Waals surface area contributed by atoms with Crippen LogP contribution in [-0.2, 0) is 13.0 Å². The van der Waals surface area contributed by atoms with E-state index in [0.29, 0.717) is 12.4 Å². The van der Waals surface area contributed by atoms with Gasteiger partial charge in [-0.2, -0.15) is 4.98 Å². The van der Waals surface area contributed by atoms with E-state index in [0.717, 1.165) is 43.3 Å². The largest absolute Gasteiger partial charge is 0.357 e. The number of guanidine groups is 1. The molecule has 0 spiro atoms. The van der Waals surface area contributed by atoms with E-state index in [9.17, 15) is 4.39 Å². The van der Waals surface area contributed by atoms with Crippen LogP contribution in [0.4, 0.5) is 4.39 Å². The lowest BCUT2D eigenvalue weighted by atomic mass is 10.2. The van der Waals surface area contributed by atoms with Crippen molar-refractivity contribution in [3.8, 4) is 0 Å². The van der Waals surface area contributed by atoms with Gasteiger partial charge in [0.1, 0.15) is 5.82 Å². The van der Waals surface area contributed by atoms with Crippen LogP contribution in [0.5, 0.6) is 0 Å². The van der Waals surface area contributed by atoms with Crippen molar-refractivity contribution in [1.82, 2.24) is 20.8 Å². The van der Waals surface area contributed by atoms with Gasteiger partial charge in [-0.25, -0.2) is 9.38 Å². The van der Waals surface area contributed by atoms with Gasteiger partial charge in [0, 0.05) is 25.4 Å². The average Bonchev–Trinajstić information content (AvgIpc) is 3.07. The van der Waals surface area contributed by atoms with Crippen molar-refractivity contribution in [1.29, 1.82) is 0 Å². The van der Waals surface area contributed by atoms with E-state index in [1.165, 1.54) is 12.1 Å². The van der Waals surface area contributed by atoms with Crippen molar-refractivity contribution in [2.24, 2.45) is 4.99 Å². The van der Waals surface area contributed by atoms with E-state index in [1.54, 1.807) is 12.1 Å². The maximum absolute atomic E-state index is 12.9. The highest BCUT2D eigenvalue weighted by atomic mass is 19.1. The number of hydrogen-bond acceptors (Lipinski definition) is 4. The van der Waals surface area contributed by atoms with E-state index in [-0.39, 0.29) is 11.7 Å². The topological polar surface area (TPSA) is 75.3 Å². The van der Waals surface area contributed by atoms with Crippen LogP contribution in [0, 0.1) is 5.82 Å². The van der Waals surface area contributed by atoms with Gasteiger partial charge in [-0.1, -0.05) is 31.1 Å². The minimum Gasteiger partial charge on any atom is -0.357 e. The van der Waals surface area contributed by atoms with Gasteiger partial charge in [-0.15, -0.1) is 0 Å². The molecule has 0 aliphatic carbocycles. The normalized spacial score (nSPS) is 11.8. The van der Waals surface area contributed by atoms with Crippen LogP contribution in [0.1, 0.15) is 50.4 Å². The number of halogens is 1. The third-order valence-corrected chi connectivity index (χ3v) is 3.54. The van der Waals surface area contributed by atoms with Crippen molar-refractivity contribution >= 4 is 5.96 Å². The summed E-state index contributed by atoms with van der Waals surface area (Å²) in [6.45, 7) is 8.11. The van der Waals surface area contributed by atoms with Gasteiger partial charge in [-0.3, -0.25) is 0 Å². The molecule has 0 radical (unpaired) electrons. The molecule has 1 heterocycles. The van der Waals surface area contributed by atoms with Crippen molar-refractivity contribution in [3.63, 3.8) is 0 Å². The van der Waals surface area contributed by atoms with E-state index in [2.05, 4.69) is 25.8 Å². The summed E-state index contributed by atoms with van der Waals surface area (Å²) in [5.74, 6) is 2.19. The standard InChI is InChI=1S/C18H26FN5O/c1-4-20-18(22-12-14-7-9-15(19)10-8-14)21-11-5-6-16-23-17(13(2)3)24-25-16/h7-10,13H,4-6,11-12H2,1-3H3,(H2,20,21,22). The number of aromatic nitrogens is 2. The Morgan fingerprint density at radius 1 is 1.24 bits per heavy atom. The van der Waals surface area contributed by atoms with Crippen molar-refractivity contribution in [2.45, 2.75) is 46.1 Å². The zero-order valence-electron chi connectivity index (χ0n) is 15.1. The average molecular weight is 347 g/mol. The molecule has 0 bridgehead atoms. The number of aryl methyl sites for hydroxylation is 1. The Balaban J connectivity index is 1.78. The molecule has 136 valence electrons. The summed E-state index contributed by atoms with van der Waals surface area (Å²) in [6, 6.07) is 6.37. The lowest BCUT2D eigenvalue weighted by Crippen LogP contribution is -2.37. The number of nitrogens with zero attached hydrogens (tertiary/aromatic N) is 3. The molecule has 0 fully saturated rings. The van der Waals surface area contributed by atoms with Gasteiger partial charge >= 0.3 is 0 Å². The summed E-state index contributed by atoms with van der Waals surface area (Å²) in [5.41, 5.74) is 0.964. The third kappa shape index (κ3) is 6.52. The lowest BCUT2D eigenvalue weighted by molar-refractivity contribution is 0.368. The zero-order chi connectivity index (χ0) is 18.1. The number of benzene rings is 1. The molecule has 6 nitrogen and oxygen atoms in total. The highest BCUT2D eigenvalue weighted by Gasteiger charge is 2.09. The molecule has 1 aromatic carbocycles. The quantitative estimate of drug-likeness (QED) is 0.436. The molecular formula is C18H26FN5O. The second-order valence-electron chi connectivity index (χ2n) is 6.05. The highest BCUT2D eigenvalue weighted by molar-refractivity contribution is 5.79. The smallest absolute Gasteiger partial charge is 0.226 e. The molecular weight excluding hydrogens is 321 g/mol. The predicted octanol–water partition coefficient (Wildman–Crippen LogP) is 3.02. The van der Waals surface area contributed by atoms with Gasteiger partial charge in [0.15, 0.2) is 11.8 Å². The first-order chi connectivity index (χ1) is 12.1. The zero-order valence-corrected chi connectivity index (χ0v) is 15.1. The van der Waals surface area contributed by atoms with Crippen LogP contribution >= 0.6 is 0 Å². The molecule has 0 aliphatic rings. The molecule has 0 saturated carbocycles. The van der Waals surface area contributed by atoms with Crippen LogP contribution in [0.3, 0.4) is 0 Å². The maximum Gasteiger partial charge on any atom is 0.226 e. The van der Waals surface area contributed by atoms with Crippen molar-refractivity contribution in [3.05, 3.63) is 47.4 Å². The summed E-state index contributed by atoms with van der Waals surface area (Å²) in [4.78, 5) is 8.87. The van der Waals surface area contributed by atoms with Crippen LogP contribution < -0.4 is 10.6 Å². The Hall–Kier alpha value is -2.44. The minimum absolute atomic E-state index is 0.237. The summed E-state index contributed by atoms with van der Waals surface area (Å²) in [5, 5.41) is 10.4. The first-order valence-electron chi connectivity index (χ1n) is 8.67. The van der Waals surface area contributed by atoms with E-state index in [1.807, 2.05) is 20.8 Å². The molecule has 7 heteroatoms. The fourth-order valence-corrected chi connectivity index (χ4v) is 2.15. The van der Waals surface area contributed by atoms with Gasteiger partial charge in [0.05, 0.1) is 6.54 Å². The SMILES string of the molecule is CCNC(=NCc1ccc(F)cc1)NCCCc1nc(C(C)C)no1. The molecule has 1 aromatic heterocycles. The Bertz CT molecular complexity index is 666. The summed E-state index contributed by atoms with van der Waals surface area (Å²) in [6.07, 6.45) is 1.59. The van der Waals surface area contributed by atoms with Crippen molar-refractivity contribution < 1.29 is 8.91 Å². The fraction of sp³-hybridized carbons (Fsp3) is 0.500. The molecule has 0 atom stereocenters. The summed E-state index contributed by atoms with van der Waals surface area (Å²) < 4.78 is 18.1. The Morgan fingerprint density at radius 3 is 2.64 bits per heavy atom. The predicted molar refractivity (Wildman–Crippen MR) is 95.9 cm³/mol. The molecule has 0 unspecified atom stereocenters. The molecule has 0 aliphatic heterocycles. The van der Waals surface area contributed by atoms with Crippen LogP contribution in [0.25, 0.3) is 0 Å². The van der Waals surface area contributed by atoms with E-state index >= 15 is 0 Å². The Labute approximate surface area is 147 Å². The molecule has 25 heavy (non-hydrogen) atoms. The summed E-state index contributed by atoms with van der Waals surface area (Å²) >= 11 is 0. The number of nitrogens with one attached hydrogen (secondary N) is 2. The van der Waals surface area contributed by atoms with Crippen LogP contribution in [0.2, 0.25) is 0 Å². The first-order valence-corrected chi connectivity index (χ1v) is 8.67. The molecule has 2 N–H and O–H groups in total. The van der Waals surface area contributed by atoms with Gasteiger partial charge < -0.3 is 15.2 Å². The van der Waals surface area contributed by atoms with Crippen LogP contribution in [-0.4, -0.2) is 29.2 Å². The second kappa shape index (κ2) is 9.76. The second-order valence-corrected chi connectivity index (χ2v) is 6.05. The molecule has 0 saturated heterocycles. The van der Waals surface area contributed by atoms with Crippen LogP contribution in [0.15, 0.2) is 33.8 Å². The Kier molecular flexibility index (Phi) is 7.37. The number of rotatable bonds is 8. The Morgan fingerprint density at radius 2 is 2.00 bits per heavy atom. The fourth-order valence-electron chi connectivity index (χ4n) is 2.15. The molecule has 2 aromatic rings. The summed E-state index contributed by atoms with van der Waals surface area (Å²) in [7, 11) is 0. The number of aliphatic imine (C=N–C) groups is 1. The molecule has 2 rings (SSSR count). The maximum atomic E-state index is 12.9.